The van der Waals surface area contributed by atoms with Gasteiger partial charge in [-0.05, 0) is 24.1 Å². The van der Waals surface area contributed by atoms with Crippen molar-refractivity contribution < 1.29 is 9.32 Å². The summed E-state index contributed by atoms with van der Waals surface area (Å²) < 4.78 is 6.72. The lowest BCUT2D eigenvalue weighted by Crippen LogP contribution is -2.33. The predicted molar refractivity (Wildman–Crippen MR) is 105 cm³/mol. The average molecular weight is 380 g/mol. The van der Waals surface area contributed by atoms with Crippen LogP contribution in [0, 0.1) is 0 Å². The molecule has 0 unspecified atom stereocenters. The first-order valence-electron chi connectivity index (χ1n) is 9.38. The number of pyridine rings is 1. The van der Waals surface area contributed by atoms with Gasteiger partial charge < -0.3 is 14.4 Å². The van der Waals surface area contributed by atoms with Crippen LogP contribution in [0.3, 0.4) is 0 Å². The molecule has 1 aromatic carbocycles. The molecular weight excluding hydrogens is 356 g/mol. The van der Waals surface area contributed by atoms with E-state index in [0.717, 1.165) is 5.56 Å². The number of carbonyl (C=O) groups is 1. The molecule has 3 aromatic rings. The smallest absolute Gasteiger partial charge is 0.263 e. The number of aromatic nitrogens is 3. The number of hydrogen-bond donors (Lipinski definition) is 1. The van der Waals surface area contributed by atoms with Crippen molar-refractivity contribution in [3.8, 4) is 0 Å². The first kappa shape index (κ1) is 19.5. The fourth-order valence-electron chi connectivity index (χ4n) is 2.76. The molecule has 0 fully saturated rings. The molecule has 0 radical (unpaired) electrons. The monoisotopic (exact) mass is 380 g/mol. The Hall–Kier alpha value is -3.22. The fourth-order valence-corrected chi connectivity index (χ4v) is 2.76. The molecule has 0 aliphatic rings. The van der Waals surface area contributed by atoms with Gasteiger partial charge in [0, 0.05) is 25.1 Å². The Morgan fingerprint density at radius 3 is 2.68 bits per heavy atom. The van der Waals surface area contributed by atoms with E-state index in [0.29, 0.717) is 37.6 Å². The molecular formula is C21H24N4O3. The van der Waals surface area contributed by atoms with E-state index in [1.54, 1.807) is 18.3 Å². The quantitative estimate of drug-likeness (QED) is 0.607. The molecule has 0 saturated heterocycles. The minimum Gasteiger partial charge on any atom is -0.352 e. The summed E-state index contributed by atoms with van der Waals surface area (Å²) in [6.45, 7) is 4.85. The molecule has 1 N–H and O–H groups in total. The number of benzene rings is 1. The van der Waals surface area contributed by atoms with Crippen LogP contribution in [0.25, 0.3) is 0 Å². The Balaban J connectivity index is 1.55. The van der Waals surface area contributed by atoms with Crippen molar-refractivity contribution in [1.29, 1.82) is 0 Å². The van der Waals surface area contributed by atoms with Crippen molar-refractivity contribution in [2.45, 2.75) is 39.2 Å². The van der Waals surface area contributed by atoms with Gasteiger partial charge >= 0.3 is 0 Å². The Morgan fingerprint density at radius 1 is 1.18 bits per heavy atom. The van der Waals surface area contributed by atoms with Gasteiger partial charge in [0.1, 0.15) is 5.56 Å². The maximum Gasteiger partial charge on any atom is 0.263 e. The van der Waals surface area contributed by atoms with Crippen molar-refractivity contribution in [2.75, 3.05) is 6.54 Å². The van der Waals surface area contributed by atoms with E-state index in [1.165, 1.54) is 4.57 Å². The average Bonchev–Trinajstić information content (AvgIpc) is 3.17. The zero-order valence-corrected chi connectivity index (χ0v) is 16.1. The second-order valence-electron chi connectivity index (χ2n) is 6.90. The number of carbonyl (C=O) groups excluding carboxylic acids is 1. The Morgan fingerprint density at radius 2 is 1.96 bits per heavy atom. The molecule has 0 bridgehead atoms. The fraction of sp³-hybridized carbons (Fsp3) is 0.333. The predicted octanol–water partition coefficient (Wildman–Crippen LogP) is 2.77. The molecule has 0 saturated carbocycles. The molecule has 28 heavy (non-hydrogen) atoms. The van der Waals surface area contributed by atoms with Crippen LogP contribution < -0.4 is 10.9 Å². The van der Waals surface area contributed by atoms with Crippen LogP contribution in [-0.4, -0.2) is 27.2 Å². The summed E-state index contributed by atoms with van der Waals surface area (Å²) in [7, 11) is 0. The maximum absolute atomic E-state index is 12.6. The molecule has 2 aromatic heterocycles. The van der Waals surface area contributed by atoms with Crippen molar-refractivity contribution in [3.63, 3.8) is 0 Å². The van der Waals surface area contributed by atoms with Gasteiger partial charge in [0.25, 0.3) is 11.5 Å². The standard InChI is InChI=1S/C21H24N4O3/c1-15(2)19-23-18(28-24-19)11-6-12-22-20(26)17-10-7-13-25(21(17)27)14-16-8-4-3-5-9-16/h3-5,7-10,13,15H,6,11-12,14H2,1-2H3,(H,22,26). The van der Waals surface area contributed by atoms with Gasteiger partial charge in [-0.15, -0.1) is 0 Å². The third-order valence-electron chi connectivity index (χ3n) is 4.31. The van der Waals surface area contributed by atoms with Crippen molar-refractivity contribution in [2.24, 2.45) is 0 Å². The van der Waals surface area contributed by atoms with Crippen molar-refractivity contribution >= 4 is 5.91 Å². The van der Waals surface area contributed by atoms with E-state index in [1.807, 2.05) is 44.2 Å². The second-order valence-corrected chi connectivity index (χ2v) is 6.90. The van der Waals surface area contributed by atoms with Crippen LogP contribution in [0.15, 0.2) is 58.0 Å². The van der Waals surface area contributed by atoms with Gasteiger partial charge in [-0.2, -0.15) is 4.98 Å². The first-order chi connectivity index (χ1) is 13.5. The normalized spacial score (nSPS) is 11.0. The van der Waals surface area contributed by atoms with Crippen molar-refractivity contribution in [1.82, 2.24) is 20.0 Å². The number of amides is 1. The molecule has 0 aliphatic carbocycles. The SMILES string of the molecule is CC(C)c1noc(CCCNC(=O)c2cccn(Cc3ccccc3)c2=O)n1. The molecule has 146 valence electrons. The number of hydrogen-bond acceptors (Lipinski definition) is 5. The highest BCUT2D eigenvalue weighted by Gasteiger charge is 2.13. The van der Waals surface area contributed by atoms with Crippen LogP contribution in [0.4, 0.5) is 0 Å². The number of nitrogens with one attached hydrogen (secondary N) is 1. The summed E-state index contributed by atoms with van der Waals surface area (Å²) in [5.41, 5.74) is 0.836. The summed E-state index contributed by atoms with van der Waals surface area (Å²) in [4.78, 5) is 29.3. The minimum atomic E-state index is -0.374. The van der Waals surface area contributed by atoms with Crippen LogP contribution in [-0.2, 0) is 13.0 Å². The van der Waals surface area contributed by atoms with E-state index in [2.05, 4.69) is 15.5 Å². The highest BCUT2D eigenvalue weighted by molar-refractivity contribution is 5.93. The topological polar surface area (TPSA) is 90.0 Å². The lowest BCUT2D eigenvalue weighted by atomic mass is 10.2. The first-order valence-corrected chi connectivity index (χ1v) is 9.38. The van der Waals surface area contributed by atoms with Crippen LogP contribution in [0.1, 0.15) is 53.8 Å². The van der Waals surface area contributed by atoms with Gasteiger partial charge in [-0.3, -0.25) is 9.59 Å². The number of rotatable bonds is 8. The number of nitrogens with zero attached hydrogens (tertiary/aromatic N) is 3. The molecule has 3 rings (SSSR count). The second kappa shape index (κ2) is 9.12. The summed E-state index contributed by atoms with van der Waals surface area (Å²) in [6.07, 6.45) is 2.91. The molecule has 0 spiro atoms. The van der Waals surface area contributed by atoms with Gasteiger partial charge in [-0.1, -0.05) is 49.3 Å². The Kier molecular flexibility index (Phi) is 6.37. The summed E-state index contributed by atoms with van der Waals surface area (Å²) >= 11 is 0. The highest BCUT2D eigenvalue weighted by atomic mass is 16.5. The van der Waals surface area contributed by atoms with Gasteiger partial charge in [-0.25, -0.2) is 0 Å². The Labute approximate surface area is 163 Å². The number of aryl methyl sites for hydroxylation is 1. The minimum absolute atomic E-state index is 0.137. The highest BCUT2D eigenvalue weighted by Crippen LogP contribution is 2.10. The summed E-state index contributed by atoms with van der Waals surface area (Å²) in [6, 6.07) is 12.9. The van der Waals surface area contributed by atoms with Crippen molar-refractivity contribution in [3.05, 3.63) is 81.9 Å². The molecule has 0 aliphatic heterocycles. The van der Waals surface area contributed by atoms with Crippen LogP contribution in [0.2, 0.25) is 0 Å². The third-order valence-corrected chi connectivity index (χ3v) is 4.31. The molecule has 7 nitrogen and oxygen atoms in total. The van der Waals surface area contributed by atoms with E-state index in [-0.39, 0.29) is 22.9 Å². The lowest BCUT2D eigenvalue weighted by Gasteiger charge is -2.09. The van der Waals surface area contributed by atoms with E-state index >= 15 is 0 Å². The Bertz CT molecular complexity index is 977. The molecule has 0 atom stereocenters. The van der Waals surface area contributed by atoms with Gasteiger partial charge in [0.2, 0.25) is 5.89 Å². The maximum atomic E-state index is 12.6. The van der Waals surface area contributed by atoms with E-state index in [4.69, 9.17) is 4.52 Å². The summed E-state index contributed by atoms with van der Waals surface area (Å²) in [5, 5.41) is 6.70. The third kappa shape index (κ3) is 4.94. The van der Waals surface area contributed by atoms with E-state index in [9.17, 15) is 9.59 Å². The van der Waals surface area contributed by atoms with Crippen LogP contribution >= 0.6 is 0 Å². The largest absolute Gasteiger partial charge is 0.352 e. The lowest BCUT2D eigenvalue weighted by molar-refractivity contribution is 0.0951. The molecule has 2 heterocycles. The van der Waals surface area contributed by atoms with Crippen LogP contribution in [0.5, 0.6) is 0 Å². The summed E-state index contributed by atoms with van der Waals surface area (Å²) in [5.74, 6) is 1.08. The zero-order chi connectivity index (χ0) is 19.9. The zero-order valence-electron chi connectivity index (χ0n) is 16.1. The molecule has 1 amide bonds. The van der Waals surface area contributed by atoms with E-state index < -0.39 is 0 Å². The van der Waals surface area contributed by atoms with Gasteiger partial charge in [0.15, 0.2) is 5.82 Å². The molecule has 7 heteroatoms. The van der Waals surface area contributed by atoms with Gasteiger partial charge in [0.05, 0.1) is 6.54 Å².